The number of nitrogens with zero attached hydrogens (tertiary/aromatic N) is 1. The molecule has 2 aromatic rings. The molecule has 0 aliphatic rings. The van der Waals surface area contributed by atoms with Gasteiger partial charge < -0.3 is 15.5 Å². The zero-order chi connectivity index (χ0) is 23.0. The first-order valence-corrected chi connectivity index (χ1v) is 12.6. The monoisotopic (exact) mass is 485 g/mol. The Morgan fingerprint density at radius 2 is 1.71 bits per heavy atom. The molecule has 6 nitrogen and oxygen atoms in total. The second kappa shape index (κ2) is 11.7. The van der Waals surface area contributed by atoms with E-state index in [4.69, 9.17) is 23.2 Å². The molecule has 1 unspecified atom stereocenters. The molecule has 2 amide bonds. The fourth-order valence-electron chi connectivity index (χ4n) is 3.18. The molecule has 0 aliphatic carbocycles. The Balaban J connectivity index is 1.94. The standard InChI is InChI=1S/C22H29Cl2N3O3S/c1-4-27(5-2)14-7-15-31(29,30)18-12-10-17(11-13-18)26-22(28)25-16(3)19-8-6-9-20(23)21(19)24/h6,8-13,16H,4-5,7,14-15H2,1-3H3,(H2,25,26,28). The van der Waals surface area contributed by atoms with E-state index in [0.29, 0.717) is 27.7 Å². The Hall–Kier alpha value is -1.80. The topological polar surface area (TPSA) is 78.5 Å². The van der Waals surface area contributed by atoms with Gasteiger partial charge in [0.15, 0.2) is 9.84 Å². The highest BCUT2D eigenvalue weighted by Crippen LogP contribution is 2.29. The van der Waals surface area contributed by atoms with Crippen LogP contribution in [0.2, 0.25) is 10.0 Å². The fraction of sp³-hybridized carbons (Fsp3) is 0.409. The summed E-state index contributed by atoms with van der Waals surface area (Å²) in [5.74, 6) is 0.0919. The van der Waals surface area contributed by atoms with Gasteiger partial charge in [-0.3, -0.25) is 0 Å². The molecule has 0 heterocycles. The van der Waals surface area contributed by atoms with Gasteiger partial charge in [0, 0.05) is 5.69 Å². The molecular weight excluding hydrogens is 457 g/mol. The molecule has 0 aromatic heterocycles. The normalized spacial score (nSPS) is 12.6. The van der Waals surface area contributed by atoms with Crippen molar-refractivity contribution in [1.82, 2.24) is 10.2 Å². The van der Waals surface area contributed by atoms with Gasteiger partial charge in [0.2, 0.25) is 0 Å². The molecule has 0 fully saturated rings. The van der Waals surface area contributed by atoms with E-state index < -0.39 is 15.9 Å². The van der Waals surface area contributed by atoms with Crippen molar-refractivity contribution >= 4 is 44.8 Å². The summed E-state index contributed by atoms with van der Waals surface area (Å²) in [5, 5.41) is 6.31. The smallest absolute Gasteiger partial charge is 0.319 e. The second-order valence-electron chi connectivity index (χ2n) is 7.19. The zero-order valence-electron chi connectivity index (χ0n) is 18.0. The highest BCUT2D eigenvalue weighted by molar-refractivity contribution is 7.91. The first-order valence-electron chi connectivity index (χ1n) is 10.2. The van der Waals surface area contributed by atoms with Gasteiger partial charge >= 0.3 is 6.03 Å². The van der Waals surface area contributed by atoms with Crippen molar-refractivity contribution in [3.8, 4) is 0 Å². The minimum absolute atomic E-state index is 0.0919. The predicted molar refractivity (Wildman–Crippen MR) is 128 cm³/mol. The number of amides is 2. The Kier molecular flexibility index (Phi) is 9.62. The lowest BCUT2D eigenvalue weighted by Crippen LogP contribution is -2.31. The van der Waals surface area contributed by atoms with E-state index in [0.717, 1.165) is 19.6 Å². The first-order chi connectivity index (χ1) is 14.7. The lowest BCUT2D eigenvalue weighted by molar-refractivity contribution is 0.249. The van der Waals surface area contributed by atoms with Crippen molar-refractivity contribution in [3.63, 3.8) is 0 Å². The molecule has 0 bridgehead atoms. The zero-order valence-corrected chi connectivity index (χ0v) is 20.3. The van der Waals surface area contributed by atoms with Crippen LogP contribution in [-0.2, 0) is 9.84 Å². The SMILES string of the molecule is CCN(CC)CCCS(=O)(=O)c1ccc(NC(=O)NC(C)c2cccc(Cl)c2Cl)cc1. The summed E-state index contributed by atoms with van der Waals surface area (Å²) in [6.45, 7) is 8.47. The van der Waals surface area contributed by atoms with E-state index in [1.807, 2.05) is 0 Å². The van der Waals surface area contributed by atoms with Crippen LogP contribution in [0.15, 0.2) is 47.4 Å². The summed E-state index contributed by atoms with van der Waals surface area (Å²) in [6.07, 6.45) is 0.580. The third-order valence-electron chi connectivity index (χ3n) is 5.05. The van der Waals surface area contributed by atoms with Crippen molar-refractivity contribution in [3.05, 3.63) is 58.1 Å². The highest BCUT2D eigenvalue weighted by atomic mass is 35.5. The maximum absolute atomic E-state index is 12.5. The molecule has 1 atom stereocenters. The van der Waals surface area contributed by atoms with Gasteiger partial charge in [-0.15, -0.1) is 0 Å². The Morgan fingerprint density at radius 3 is 2.32 bits per heavy atom. The molecule has 2 N–H and O–H groups in total. The van der Waals surface area contributed by atoms with Crippen molar-refractivity contribution in [1.29, 1.82) is 0 Å². The van der Waals surface area contributed by atoms with Crippen LogP contribution in [0.3, 0.4) is 0 Å². The number of halogens is 2. The number of rotatable bonds is 10. The lowest BCUT2D eigenvalue weighted by atomic mass is 10.1. The van der Waals surface area contributed by atoms with Gasteiger partial charge in [-0.25, -0.2) is 13.2 Å². The number of nitrogens with one attached hydrogen (secondary N) is 2. The van der Waals surface area contributed by atoms with Crippen LogP contribution in [0.4, 0.5) is 10.5 Å². The Labute approximate surface area is 194 Å². The maximum atomic E-state index is 12.5. The molecule has 0 saturated carbocycles. The van der Waals surface area contributed by atoms with Gasteiger partial charge in [-0.05, 0) is 68.9 Å². The van der Waals surface area contributed by atoms with E-state index in [9.17, 15) is 13.2 Å². The van der Waals surface area contributed by atoms with Crippen LogP contribution in [-0.4, -0.2) is 44.7 Å². The number of sulfone groups is 1. The van der Waals surface area contributed by atoms with Crippen LogP contribution in [0, 0.1) is 0 Å². The van der Waals surface area contributed by atoms with Crippen LogP contribution in [0.25, 0.3) is 0 Å². The van der Waals surface area contributed by atoms with Crippen molar-refractivity contribution in [2.75, 3.05) is 30.7 Å². The lowest BCUT2D eigenvalue weighted by Gasteiger charge is -2.17. The molecular formula is C22H29Cl2N3O3S. The van der Waals surface area contributed by atoms with E-state index in [1.165, 1.54) is 12.1 Å². The van der Waals surface area contributed by atoms with E-state index in [-0.39, 0.29) is 16.7 Å². The molecule has 0 radical (unpaired) electrons. The van der Waals surface area contributed by atoms with Crippen molar-refractivity contribution in [2.24, 2.45) is 0 Å². The Morgan fingerprint density at radius 1 is 1.06 bits per heavy atom. The maximum Gasteiger partial charge on any atom is 0.319 e. The quantitative estimate of drug-likeness (QED) is 0.473. The van der Waals surface area contributed by atoms with E-state index in [2.05, 4.69) is 29.4 Å². The number of urea groups is 1. The molecule has 0 aliphatic heterocycles. The van der Waals surface area contributed by atoms with Gasteiger partial charge in [0.25, 0.3) is 0 Å². The van der Waals surface area contributed by atoms with Crippen LogP contribution >= 0.6 is 23.2 Å². The molecule has 9 heteroatoms. The third kappa shape index (κ3) is 7.38. The van der Waals surface area contributed by atoms with Crippen molar-refractivity contribution < 1.29 is 13.2 Å². The number of hydrogen-bond acceptors (Lipinski definition) is 4. The average Bonchev–Trinajstić information content (AvgIpc) is 2.73. The van der Waals surface area contributed by atoms with E-state index in [1.54, 1.807) is 37.3 Å². The first kappa shape index (κ1) is 25.5. The molecule has 31 heavy (non-hydrogen) atoms. The summed E-state index contributed by atoms with van der Waals surface area (Å²) in [7, 11) is -3.36. The van der Waals surface area contributed by atoms with Gasteiger partial charge in [-0.2, -0.15) is 0 Å². The number of anilines is 1. The summed E-state index contributed by atoms with van der Waals surface area (Å²) in [6, 6.07) is 10.6. The number of carbonyl (C=O) groups is 1. The minimum Gasteiger partial charge on any atom is -0.331 e. The van der Waals surface area contributed by atoms with Crippen LogP contribution < -0.4 is 10.6 Å². The number of benzene rings is 2. The fourth-order valence-corrected chi connectivity index (χ4v) is 4.95. The third-order valence-corrected chi connectivity index (χ3v) is 7.70. The average molecular weight is 486 g/mol. The molecule has 2 aromatic carbocycles. The van der Waals surface area contributed by atoms with Gasteiger partial charge in [-0.1, -0.05) is 49.2 Å². The van der Waals surface area contributed by atoms with E-state index >= 15 is 0 Å². The summed E-state index contributed by atoms with van der Waals surface area (Å²) >= 11 is 12.2. The summed E-state index contributed by atoms with van der Waals surface area (Å²) < 4.78 is 25.1. The Bertz CT molecular complexity index is 978. The molecule has 0 saturated heterocycles. The van der Waals surface area contributed by atoms with Crippen LogP contribution in [0.5, 0.6) is 0 Å². The van der Waals surface area contributed by atoms with Gasteiger partial charge in [0.1, 0.15) is 0 Å². The number of hydrogen-bond donors (Lipinski definition) is 2. The van der Waals surface area contributed by atoms with Crippen LogP contribution in [0.1, 0.15) is 38.8 Å². The largest absolute Gasteiger partial charge is 0.331 e. The second-order valence-corrected chi connectivity index (χ2v) is 10.1. The van der Waals surface area contributed by atoms with Gasteiger partial charge in [0.05, 0.1) is 26.7 Å². The predicted octanol–water partition coefficient (Wildman–Crippen LogP) is 5.38. The molecule has 0 spiro atoms. The minimum atomic E-state index is -3.36. The summed E-state index contributed by atoms with van der Waals surface area (Å²) in [4.78, 5) is 14.8. The molecule has 2 rings (SSSR count). The summed E-state index contributed by atoms with van der Waals surface area (Å²) in [5.41, 5.74) is 1.19. The number of carbonyl (C=O) groups excluding carboxylic acids is 1. The van der Waals surface area contributed by atoms with Crippen molar-refractivity contribution in [2.45, 2.75) is 38.1 Å². The molecule has 170 valence electrons. The highest BCUT2D eigenvalue weighted by Gasteiger charge is 2.16.